The highest BCUT2D eigenvalue weighted by molar-refractivity contribution is 7.89. The molecular weight excluding hydrogens is 268 g/mol. The van der Waals surface area contributed by atoms with Gasteiger partial charge >= 0.3 is 0 Å². The van der Waals surface area contributed by atoms with Crippen molar-refractivity contribution in [3.8, 4) is 0 Å². The zero-order valence-electron chi connectivity index (χ0n) is 11.4. The summed E-state index contributed by atoms with van der Waals surface area (Å²) in [5, 5.41) is 9.18. The van der Waals surface area contributed by atoms with Crippen LogP contribution in [0.4, 0.5) is 0 Å². The summed E-state index contributed by atoms with van der Waals surface area (Å²) in [5.74, 6) is -0.0785. The average molecular weight is 288 g/mol. The number of nitrogens with zero attached hydrogens (tertiary/aromatic N) is 1. The lowest BCUT2D eigenvalue weighted by Gasteiger charge is -2.07. The van der Waals surface area contributed by atoms with Crippen molar-refractivity contribution in [3.05, 3.63) is 11.4 Å². The number of hydrogen-bond acceptors (Lipinski definition) is 4. The quantitative estimate of drug-likeness (QED) is 0.624. The van der Waals surface area contributed by atoms with Crippen molar-refractivity contribution >= 4 is 15.9 Å². The van der Waals surface area contributed by atoms with Crippen molar-refractivity contribution in [2.75, 3.05) is 13.1 Å². The molecule has 0 radical (unpaired) electrons. The van der Waals surface area contributed by atoms with Gasteiger partial charge in [0.15, 0.2) is 0 Å². The summed E-state index contributed by atoms with van der Waals surface area (Å²) in [7, 11) is -3.51. The molecule has 1 aromatic rings. The van der Waals surface area contributed by atoms with Crippen LogP contribution in [0.2, 0.25) is 0 Å². The summed E-state index contributed by atoms with van der Waals surface area (Å²) in [6, 6.07) is 0. The number of H-pyrrole nitrogens is 1. The second-order valence-corrected chi connectivity index (χ2v) is 6.05. The van der Waals surface area contributed by atoms with E-state index in [2.05, 4.69) is 20.2 Å². The van der Waals surface area contributed by atoms with Crippen LogP contribution in [0.5, 0.6) is 0 Å². The molecule has 0 saturated heterocycles. The van der Waals surface area contributed by atoms with Crippen LogP contribution in [0.15, 0.2) is 4.90 Å². The van der Waals surface area contributed by atoms with E-state index in [1.807, 2.05) is 0 Å². The second-order valence-electron chi connectivity index (χ2n) is 4.35. The number of aromatic amines is 1. The Morgan fingerprint density at radius 2 is 1.89 bits per heavy atom. The Morgan fingerprint density at radius 3 is 2.42 bits per heavy atom. The van der Waals surface area contributed by atoms with Crippen LogP contribution < -0.4 is 10.0 Å². The number of amides is 1. The first-order valence-corrected chi connectivity index (χ1v) is 7.58. The minimum Gasteiger partial charge on any atom is -0.356 e. The topological polar surface area (TPSA) is 104 Å². The lowest BCUT2D eigenvalue weighted by molar-refractivity contribution is -0.118. The standard InChI is InChI=1S/C11H20N4O3S/c1-8-11(9(2)15-14-8)19(17,18)13-7-5-4-6-12-10(3)16/h13H,4-7H2,1-3H3,(H,12,16)(H,14,15). The molecule has 0 aromatic carbocycles. The molecule has 1 heterocycles. The molecule has 0 fully saturated rings. The Bertz CT molecular complexity index is 517. The third kappa shape index (κ3) is 4.64. The van der Waals surface area contributed by atoms with Crippen LogP contribution in [0.25, 0.3) is 0 Å². The molecule has 1 amide bonds. The molecule has 1 rings (SSSR count). The summed E-state index contributed by atoms with van der Waals surface area (Å²) >= 11 is 0. The van der Waals surface area contributed by atoms with Crippen molar-refractivity contribution in [2.24, 2.45) is 0 Å². The van der Waals surface area contributed by atoms with Gasteiger partial charge in [-0.3, -0.25) is 9.89 Å². The molecule has 3 N–H and O–H groups in total. The molecular formula is C11H20N4O3S. The molecule has 0 spiro atoms. The number of sulfonamides is 1. The maximum atomic E-state index is 12.0. The van der Waals surface area contributed by atoms with E-state index in [9.17, 15) is 13.2 Å². The highest BCUT2D eigenvalue weighted by Gasteiger charge is 2.21. The molecule has 0 unspecified atom stereocenters. The summed E-state index contributed by atoms with van der Waals surface area (Å²) in [5.41, 5.74) is 0.992. The van der Waals surface area contributed by atoms with Gasteiger partial charge in [0.05, 0.1) is 11.4 Å². The number of rotatable bonds is 7. The number of carbonyl (C=O) groups is 1. The largest absolute Gasteiger partial charge is 0.356 e. The summed E-state index contributed by atoms with van der Waals surface area (Å²) in [4.78, 5) is 10.9. The number of aromatic nitrogens is 2. The predicted molar refractivity (Wildman–Crippen MR) is 71.2 cm³/mol. The van der Waals surface area contributed by atoms with E-state index in [-0.39, 0.29) is 10.8 Å². The van der Waals surface area contributed by atoms with Gasteiger partial charge in [0.1, 0.15) is 4.90 Å². The number of hydrogen-bond donors (Lipinski definition) is 3. The van der Waals surface area contributed by atoms with Crippen molar-refractivity contribution < 1.29 is 13.2 Å². The first-order chi connectivity index (χ1) is 8.84. The number of aryl methyl sites for hydroxylation is 2. The predicted octanol–water partition coefficient (Wildman–Crippen LogP) is 0.221. The van der Waals surface area contributed by atoms with Crippen LogP contribution in [0.3, 0.4) is 0 Å². The van der Waals surface area contributed by atoms with E-state index < -0.39 is 10.0 Å². The summed E-state index contributed by atoms with van der Waals surface area (Å²) in [6.07, 6.45) is 1.39. The van der Waals surface area contributed by atoms with Crippen molar-refractivity contribution in [2.45, 2.75) is 38.5 Å². The smallest absolute Gasteiger partial charge is 0.244 e. The monoisotopic (exact) mass is 288 g/mol. The molecule has 0 aliphatic rings. The van der Waals surface area contributed by atoms with Crippen molar-refractivity contribution in [1.82, 2.24) is 20.2 Å². The highest BCUT2D eigenvalue weighted by atomic mass is 32.2. The molecule has 108 valence electrons. The van der Waals surface area contributed by atoms with Gasteiger partial charge < -0.3 is 5.32 Å². The van der Waals surface area contributed by atoms with E-state index in [1.54, 1.807) is 13.8 Å². The molecule has 0 saturated carbocycles. The fraction of sp³-hybridized carbons (Fsp3) is 0.636. The Morgan fingerprint density at radius 1 is 1.26 bits per heavy atom. The van der Waals surface area contributed by atoms with Gasteiger partial charge in [-0.2, -0.15) is 5.10 Å². The third-order valence-electron chi connectivity index (χ3n) is 2.60. The van der Waals surface area contributed by atoms with Gasteiger partial charge in [-0.25, -0.2) is 13.1 Å². The lowest BCUT2D eigenvalue weighted by atomic mass is 10.3. The molecule has 0 aliphatic heterocycles. The van der Waals surface area contributed by atoms with E-state index in [0.29, 0.717) is 30.9 Å². The molecule has 1 aromatic heterocycles. The van der Waals surface area contributed by atoms with Crippen molar-refractivity contribution in [1.29, 1.82) is 0 Å². The Kier molecular flexibility index (Phi) is 5.49. The minimum absolute atomic E-state index is 0.0785. The van der Waals surface area contributed by atoms with Crippen LogP contribution in [-0.2, 0) is 14.8 Å². The third-order valence-corrected chi connectivity index (χ3v) is 4.32. The lowest BCUT2D eigenvalue weighted by Crippen LogP contribution is -2.27. The van der Waals surface area contributed by atoms with Crippen molar-refractivity contribution in [3.63, 3.8) is 0 Å². The van der Waals surface area contributed by atoms with E-state index in [1.165, 1.54) is 6.92 Å². The summed E-state index contributed by atoms with van der Waals surface area (Å²) in [6.45, 7) is 5.67. The first kappa shape index (κ1) is 15.6. The van der Waals surface area contributed by atoms with Gasteiger partial charge in [-0.15, -0.1) is 0 Å². The molecule has 19 heavy (non-hydrogen) atoms. The molecule has 0 bridgehead atoms. The average Bonchev–Trinajstić information content (AvgIpc) is 2.63. The first-order valence-electron chi connectivity index (χ1n) is 6.10. The highest BCUT2D eigenvalue weighted by Crippen LogP contribution is 2.15. The zero-order valence-corrected chi connectivity index (χ0v) is 12.2. The molecule has 0 atom stereocenters. The Balaban J connectivity index is 2.42. The SMILES string of the molecule is CC(=O)NCCCCNS(=O)(=O)c1c(C)n[nH]c1C. The molecule has 7 nitrogen and oxygen atoms in total. The van der Waals surface area contributed by atoms with Crippen LogP contribution >= 0.6 is 0 Å². The number of carbonyl (C=O) groups excluding carboxylic acids is 1. The minimum atomic E-state index is -3.51. The number of unbranched alkanes of at least 4 members (excludes halogenated alkanes) is 1. The zero-order chi connectivity index (χ0) is 14.5. The Labute approximate surface area is 113 Å². The molecule has 0 aliphatic carbocycles. The van der Waals surface area contributed by atoms with Gasteiger partial charge in [0, 0.05) is 20.0 Å². The van der Waals surface area contributed by atoms with E-state index >= 15 is 0 Å². The van der Waals surface area contributed by atoms with Crippen LogP contribution in [0.1, 0.15) is 31.2 Å². The van der Waals surface area contributed by atoms with Gasteiger partial charge in [-0.1, -0.05) is 0 Å². The van der Waals surface area contributed by atoms with E-state index in [0.717, 1.165) is 6.42 Å². The normalized spacial score (nSPS) is 11.5. The fourth-order valence-corrected chi connectivity index (χ4v) is 3.17. The van der Waals surface area contributed by atoms with Crippen LogP contribution in [0, 0.1) is 13.8 Å². The maximum Gasteiger partial charge on any atom is 0.244 e. The summed E-state index contributed by atoms with van der Waals surface area (Å²) < 4.78 is 26.6. The van der Waals surface area contributed by atoms with E-state index in [4.69, 9.17) is 0 Å². The maximum absolute atomic E-state index is 12.0. The fourth-order valence-electron chi connectivity index (χ4n) is 1.73. The van der Waals surface area contributed by atoms with Gasteiger partial charge in [0.25, 0.3) is 0 Å². The van der Waals surface area contributed by atoms with Gasteiger partial charge in [0.2, 0.25) is 15.9 Å². The number of nitrogens with one attached hydrogen (secondary N) is 3. The van der Waals surface area contributed by atoms with Crippen LogP contribution in [-0.4, -0.2) is 37.6 Å². The Hall–Kier alpha value is -1.41. The van der Waals surface area contributed by atoms with Gasteiger partial charge in [-0.05, 0) is 26.7 Å². The molecule has 8 heteroatoms. The second kappa shape index (κ2) is 6.67.